The molecule has 2 aromatic rings. The van der Waals surface area contributed by atoms with Crippen LogP contribution in [0.1, 0.15) is 45.4 Å². The molecule has 2 aromatic heterocycles. The Morgan fingerprint density at radius 1 is 1.31 bits per heavy atom. The molecule has 10 heteroatoms. The number of hydrogen-bond acceptors (Lipinski definition) is 8. The number of carbonyl (C=O) groups excluding carboxylic acids is 1. The van der Waals surface area contributed by atoms with Gasteiger partial charge in [-0.25, -0.2) is 18.7 Å². The van der Waals surface area contributed by atoms with Crippen molar-refractivity contribution in [3.63, 3.8) is 0 Å². The zero-order chi connectivity index (χ0) is 22.7. The number of halogens is 2. The second-order valence-corrected chi connectivity index (χ2v) is 9.79. The molecule has 2 aliphatic carbocycles. The summed E-state index contributed by atoms with van der Waals surface area (Å²) in [7, 11) is 0. The normalized spacial score (nSPS) is 25.4. The highest BCUT2D eigenvalue weighted by molar-refractivity contribution is 7.20. The molecule has 0 spiro atoms. The van der Waals surface area contributed by atoms with Gasteiger partial charge in [0.25, 0.3) is 11.1 Å². The lowest BCUT2D eigenvalue weighted by Gasteiger charge is -2.29. The van der Waals surface area contributed by atoms with E-state index in [9.17, 15) is 13.6 Å². The minimum atomic E-state index is -2.60. The average Bonchev–Trinajstić information content (AvgIpc) is 3.18. The molecule has 176 valence electrons. The van der Waals surface area contributed by atoms with E-state index in [0.29, 0.717) is 29.6 Å². The standard InChI is InChI=1S/C22H28F2N2O5S/c1-13(6-15(28)10-27)11-29-16-2-4-17(5-3-16)31-20-7-19-18(9-25-20)26-21(32-19)30-12-14-8-22(14,23)24/h7,9,13-14,16-17,27H,2-6,8,10-12H2,1H3/t13-,14?,16?,17?/m1/s1. The SMILES string of the molecule is C[C@@H](COC1CCC(Oc2cc3sc(OCC4CC4(F)F)nc3cn2)CC1)CC(=O)CO. The van der Waals surface area contributed by atoms with Gasteiger partial charge in [-0.05, 0) is 31.6 Å². The summed E-state index contributed by atoms with van der Waals surface area (Å²) >= 11 is 1.30. The van der Waals surface area contributed by atoms with Gasteiger partial charge in [0, 0.05) is 25.5 Å². The number of carbonyl (C=O) groups is 1. The number of hydrogen-bond donors (Lipinski definition) is 1. The zero-order valence-corrected chi connectivity index (χ0v) is 18.8. The lowest BCUT2D eigenvalue weighted by Crippen LogP contribution is -2.29. The van der Waals surface area contributed by atoms with Crippen molar-refractivity contribution in [2.75, 3.05) is 19.8 Å². The minimum Gasteiger partial charge on any atom is -0.474 e. The number of fused-ring (bicyclic) bond motifs is 1. The van der Waals surface area contributed by atoms with Crippen LogP contribution in [0.3, 0.4) is 0 Å². The number of Topliss-reactive ketones (excluding diaryl/α,β-unsaturated/α-hetero) is 1. The van der Waals surface area contributed by atoms with Crippen LogP contribution in [0.5, 0.6) is 11.1 Å². The molecule has 4 rings (SSSR count). The Morgan fingerprint density at radius 2 is 2.03 bits per heavy atom. The van der Waals surface area contributed by atoms with Crippen LogP contribution in [0, 0.1) is 11.8 Å². The molecule has 0 amide bonds. The fraction of sp³-hybridized carbons (Fsp3) is 0.682. The van der Waals surface area contributed by atoms with Crippen molar-refractivity contribution in [2.45, 2.75) is 63.6 Å². The van der Waals surface area contributed by atoms with Gasteiger partial charge in [-0.3, -0.25) is 4.79 Å². The number of nitrogens with zero attached hydrogens (tertiary/aromatic N) is 2. The van der Waals surface area contributed by atoms with Crippen molar-refractivity contribution in [1.82, 2.24) is 9.97 Å². The van der Waals surface area contributed by atoms with E-state index in [2.05, 4.69) is 9.97 Å². The van der Waals surface area contributed by atoms with Crippen molar-refractivity contribution in [2.24, 2.45) is 11.8 Å². The molecule has 0 saturated heterocycles. The van der Waals surface area contributed by atoms with E-state index in [1.807, 2.05) is 13.0 Å². The minimum absolute atomic E-state index is 0.0224. The Bertz CT molecular complexity index is 932. The molecule has 2 saturated carbocycles. The molecule has 32 heavy (non-hydrogen) atoms. The predicted molar refractivity (Wildman–Crippen MR) is 114 cm³/mol. The molecule has 0 aliphatic heterocycles. The molecule has 0 aromatic carbocycles. The maximum atomic E-state index is 13.0. The summed E-state index contributed by atoms with van der Waals surface area (Å²) in [5.74, 6) is -2.86. The van der Waals surface area contributed by atoms with Crippen molar-refractivity contribution in [3.05, 3.63) is 12.3 Å². The summed E-state index contributed by atoms with van der Waals surface area (Å²) in [6.07, 6.45) is 5.47. The molecule has 2 heterocycles. The molecule has 1 N–H and O–H groups in total. The highest BCUT2D eigenvalue weighted by Crippen LogP contribution is 2.48. The number of aliphatic hydroxyl groups excluding tert-OH is 1. The molecular formula is C22H28F2N2O5S. The van der Waals surface area contributed by atoms with Crippen molar-refractivity contribution in [1.29, 1.82) is 0 Å². The summed E-state index contributed by atoms with van der Waals surface area (Å²) in [4.78, 5) is 19.9. The fourth-order valence-corrected chi connectivity index (χ4v) is 4.66. The number of rotatable bonds is 11. The van der Waals surface area contributed by atoms with Crippen LogP contribution < -0.4 is 9.47 Å². The first-order valence-electron chi connectivity index (χ1n) is 11.0. The van der Waals surface area contributed by atoms with E-state index in [0.717, 1.165) is 30.4 Å². The first kappa shape index (κ1) is 23.3. The quantitative estimate of drug-likeness (QED) is 0.530. The Morgan fingerprint density at radius 3 is 2.72 bits per heavy atom. The molecule has 0 radical (unpaired) electrons. The Balaban J connectivity index is 1.21. The van der Waals surface area contributed by atoms with Crippen LogP contribution in [0.25, 0.3) is 10.2 Å². The van der Waals surface area contributed by atoms with E-state index in [1.165, 1.54) is 11.3 Å². The van der Waals surface area contributed by atoms with Crippen LogP contribution >= 0.6 is 11.3 Å². The Kier molecular flexibility index (Phi) is 7.21. The first-order chi connectivity index (χ1) is 15.3. The second-order valence-electron chi connectivity index (χ2n) is 8.80. The molecular weight excluding hydrogens is 442 g/mol. The molecule has 7 nitrogen and oxygen atoms in total. The summed E-state index contributed by atoms with van der Waals surface area (Å²) in [5.41, 5.74) is 0.658. The maximum Gasteiger partial charge on any atom is 0.274 e. The molecule has 0 bridgehead atoms. The predicted octanol–water partition coefficient (Wildman–Crippen LogP) is 4.02. The summed E-state index contributed by atoms with van der Waals surface area (Å²) in [6, 6.07) is 1.81. The highest BCUT2D eigenvalue weighted by Gasteiger charge is 2.57. The van der Waals surface area contributed by atoms with E-state index >= 15 is 0 Å². The smallest absolute Gasteiger partial charge is 0.274 e. The van der Waals surface area contributed by atoms with Gasteiger partial charge in [-0.2, -0.15) is 0 Å². The van der Waals surface area contributed by atoms with Gasteiger partial charge in [0.05, 0.1) is 29.5 Å². The maximum absolute atomic E-state index is 13.0. The van der Waals surface area contributed by atoms with Crippen molar-refractivity contribution >= 4 is 27.3 Å². The zero-order valence-electron chi connectivity index (χ0n) is 18.0. The summed E-state index contributed by atoms with van der Waals surface area (Å²) < 4.78 is 44.2. The van der Waals surface area contributed by atoms with Gasteiger partial charge in [-0.15, -0.1) is 0 Å². The van der Waals surface area contributed by atoms with E-state index < -0.39 is 18.4 Å². The van der Waals surface area contributed by atoms with Crippen molar-refractivity contribution < 1.29 is 32.9 Å². The van der Waals surface area contributed by atoms with Gasteiger partial charge in [0.1, 0.15) is 18.2 Å². The highest BCUT2D eigenvalue weighted by atomic mass is 32.1. The molecule has 2 fully saturated rings. The van der Waals surface area contributed by atoms with Gasteiger partial charge in [0.2, 0.25) is 5.88 Å². The third kappa shape index (κ3) is 6.11. The Labute approximate surface area is 189 Å². The molecule has 2 atom stereocenters. The van der Waals surface area contributed by atoms with Gasteiger partial charge in [-0.1, -0.05) is 18.3 Å². The number of aliphatic hydroxyl groups is 1. The summed E-state index contributed by atoms with van der Waals surface area (Å²) in [5, 5.41) is 9.20. The Hall–Kier alpha value is -1.91. The number of thiazole rings is 1. The largest absolute Gasteiger partial charge is 0.474 e. The van der Waals surface area contributed by atoms with Crippen LogP contribution in [-0.4, -0.2) is 58.8 Å². The van der Waals surface area contributed by atoms with Gasteiger partial charge in [0.15, 0.2) is 5.78 Å². The average molecular weight is 471 g/mol. The monoisotopic (exact) mass is 470 g/mol. The second kappa shape index (κ2) is 9.93. The van der Waals surface area contributed by atoms with Crippen LogP contribution in [0.4, 0.5) is 8.78 Å². The number of ketones is 1. The fourth-order valence-electron chi connectivity index (χ4n) is 3.84. The van der Waals surface area contributed by atoms with Crippen LogP contribution in [0.2, 0.25) is 0 Å². The lowest BCUT2D eigenvalue weighted by atomic mass is 9.94. The molecule has 2 aliphatic rings. The lowest BCUT2D eigenvalue weighted by molar-refractivity contribution is -0.123. The van der Waals surface area contributed by atoms with Gasteiger partial charge < -0.3 is 19.3 Å². The van der Waals surface area contributed by atoms with Crippen LogP contribution in [0.15, 0.2) is 12.3 Å². The third-order valence-electron chi connectivity index (χ3n) is 5.87. The number of alkyl halides is 2. The van der Waals surface area contributed by atoms with E-state index in [-0.39, 0.29) is 36.9 Å². The van der Waals surface area contributed by atoms with E-state index in [1.54, 1.807) is 6.20 Å². The van der Waals surface area contributed by atoms with Crippen molar-refractivity contribution in [3.8, 4) is 11.1 Å². The summed E-state index contributed by atoms with van der Waals surface area (Å²) in [6.45, 7) is 2.02. The first-order valence-corrected chi connectivity index (χ1v) is 11.8. The van der Waals surface area contributed by atoms with E-state index in [4.69, 9.17) is 19.3 Å². The van der Waals surface area contributed by atoms with Crippen LogP contribution in [-0.2, 0) is 9.53 Å². The number of pyridine rings is 1. The number of ether oxygens (including phenoxy) is 3. The molecule has 1 unspecified atom stereocenters. The third-order valence-corrected chi connectivity index (χ3v) is 6.80. The number of aromatic nitrogens is 2. The topological polar surface area (TPSA) is 90.8 Å². The van der Waals surface area contributed by atoms with Gasteiger partial charge >= 0.3 is 0 Å².